The Kier molecular flexibility index (Phi) is 5.93. The molecule has 0 unspecified atom stereocenters. The van der Waals surface area contributed by atoms with Crippen molar-refractivity contribution in [2.45, 2.75) is 12.5 Å². The lowest BCUT2D eigenvalue weighted by atomic mass is 9.88. The molecule has 168 valence electrons. The van der Waals surface area contributed by atoms with Gasteiger partial charge in [0, 0.05) is 50.6 Å². The molecule has 0 bridgehead atoms. The van der Waals surface area contributed by atoms with E-state index in [2.05, 4.69) is 17.0 Å². The van der Waals surface area contributed by atoms with Crippen molar-refractivity contribution in [3.63, 3.8) is 0 Å². The van der Waals surface area contributed by atoms with Gasteiger partial charge >= 0.3 is 0 Å². The molecule has 1 aliphatic rings. The smallest absolute Gasteiger partial charge is 0.270 e. The zero-order chi connectivity index (χ0) is 23.0. The van der Waals surface area contributed by atoms with Gasteiger partial charge in [0.15, 0.2) is 0 Å². The van der Waals surface area contributed by atoms with Crippen molar-refractivity contribution in [1.82, 2.24) is 14.4 Å². The number of hydrogen-bond acceptors (Lipinski definition) is 4. The Balaban J connectivity index is 1.49. The van der Waals surface area contributed by atoms with Gasteiger partial charge in [-0.05, 0) is 42.4 Å². The minimum atomic E-state index is -0.249. The molecule has 0 aliphatic carbocycles. The Hall–Kier alpha value is -3.32. The predicted molar refractivity (Wildman–Crippen MR) is 125 cm³/mol. The molecule has 2 atom stereocenters. The summed E-state index contributed by atoms with van der Waals surface area (Å²) in [5.41, 5.74) is 9.37. The van der Waals surface area contributed by atoms with Crippen LogP contribution in [0.5, 0.6) is 5.75 Å². The number of hydrogen-bond donors (Lipinski definition) is 1. The van der Waals surface area contributed by atoms with E-state index in [9.17, 15) is 9.59 Å². The number of primary amides is 1. The standard InChI is InChI=1S/C25H30N4O3/c1-27-14-20(21(15-27)24(26)30)17-7-5-16(6-8-17)13-28(2)25(31)23-12-18-11-19(32-4)9-10-22(18)29(23)3/h5-12,20-21H,13-15H2,1-4H3,(H2,26,30)/t20-,21+/m1/s1. The van der Waals surface area contributed by atoms with E-state index in [0.717, 1.165) is 34.3 Å². The molecule has 2 amide bonds. The highest BCUT2D eigenvalue weighted by Gasteiger charge is 2.35. The molecule has 2 N–H and O–H groups in total. The molecular formula is C25H30N4O3. The molecule has 2 aromatic carbocycles. The highest BCUT2D eigenvalue weighted by atomic mass is 16.5. The first kappa shape index (κ1) is 21.9. The van der Waals surface area contributed by atoms with E-state index < -0.39 is 0 Å². The number of amides is 2. The van der Waals surface area contributed by atoms with Gasteiger partial charge in [0.25, 0.3) is 5.91 Å². The van der Waals surface area contributed by atoms with Gasteiger partial charge < -0.3 is 24.8 Å². The number of nitrogens with two attached hydrogens (primary N) is 1. The normalized spacial score (nSPS) is 18.8. The van der Waals surface area contributed by atoms with Crippen LogP contribution in [-0.4, -0.2) is 60.5 Å². The summed E-state index contributed by atoms with van der Waals surface area (Å²) in [6.07, 6.45) is 0. The summed E-state index contributed by atoms with van der Waals surface area (Å²) >= 11 is 0. The molecule has 7 nitrogen and oxygen atoms in total. The van der Waals surface area contributed by atoms with E-state index in [1.54, 1.807) is 12.0 Å². The van der Waals surface area contributed by atoms with Crippen molar-refractivity contribution in [3.8, 4) is 5.75 Å². The third-order valence-electron chi connectivity index (χ3n) is 6.51. The van der Waals surface area contributed by atoms with Crippen molar-refractivity contribution in [2.24, 2.45) is 18.7 Å². The van der Waals surface area contributed by atoms with Gasteiger partial charge in [-0.15, -0.1) is 0 Å². The molecular weight excluding hydrogens is 404 g/mol. The Morgan fingerprint density at radius 1 is 1.09 bits per heavy atom. The lowest BCUT2D eigenvalue weighted by molar-refractivity contribution is -0.121. The molecule has 0 spiro atoms. The van der Waals surface area contributed by atoms with Gasteiger partial charge in [0.1, 0.15) is 11.4 Å². The van der Waals surface area contributed by atoms with E-state index in [4.69, 9.17) is 10.5 Å². The van der Waals surface area contributed by atoms with Gasteiger partial charge in [-0.25, -0.2) is 0 Å². The van der Waals surface area contributed by atoms with Crippen LogP contribution in [0, 0.1) is 5.92 Å². The molecule has 0 saturated carbocycles. The molecule has 3 aromatic rings. The maximum absolute atomic E-state index is 13.1. The SMILES string of the molecule is COc1ccc2c(c1)cc(C(=O)N(C)Cc1ccc([C@H]3CN(C)C[C@@H]3C(N)=O)cc1)n2C. The number of carbonyl (C=O) groups excluding carboxylic acids is 2. The monoisotopic (exact) mass is 434 g/mol. The highest BCUT2D eigenvalue weighted by Crippen LogP contribution is 2.32. The topological polar surface area (TPSA) is 80.8 Å². The number of ether oxygens (including phenoxy) is 1. The van der Waals surface area contributed by atoms with Gasteiger partial charge in [-0.2, -0.15) is 0 Å². The van der Waals surface area contributed by atoms with Gasteiger partial charge in [0.05, 0.1) is 13.0 Å². The molecule has 1 aliphatic heterocycles. The fourth-order valence-corrected chi connectivity index (χ4v) is 4.70. The van der Waals surface area contributed by atoms with E-state index in [1.807, 2.05) is 62.1 Å². The average molecular weight is 435 g/mol. The molecule has 7 heteroatoms. The van der Waals surface area contributed by atoms with E-state index in [1.165, 1.54) is 0 Å². The van der Waals surface area contributed by atoms with Crippen molar-refractivity contribution in [3.05, 3.63) is 65.4 Å². The fourth-order valence-electron chi connectivity index (χ4n) is 4.70. The van der Waals surface area contributed by atoms with Gasteiger partial charge in [-0.3, -0.25) is 9.59 Å². The summed E-state index contributed by atoms with van der Waals surface area (Å²) in [5.74, 6) is 0.417. The summed E-state index contributed by atoms with van der Waals surface area (Å²) < 4.78 is 7.21. The number of nitrogens with zero attached hydrogens (tertiary/aromatic N) is 3. The van der Waals surface area contributed by atoms with E-state index >= 15 is 0 Å². The Bertz CT molecular complexity index is 1150. The number of methoxy groups -OCH3 is 1. The fraction of sp³-hybridized carbons (Fsp3) is 0.360. The van der Waals surface area contributed by atoms with Crippen molar-refractivity contribution in [1.29, 1.82) is 0 Å². The molecule has 2 heterocycles. The average Bonchev–Trinajstić information content (AvgIpc) is 3.33. The summed E-state index contributed by atoms with van der Waals surface area (Å²) in [6.45, 7) is 2.00. The second-order valence-electron chi connectivity index (χ2n) is 8.75. The van der Waals surface area contributed by atoms with Crippen LogP contribution in [0.2, 0.25) is 0 Å². The van der Waals surface area contributed by atoms with Crippen LogP contribution in [0.25, 0.3) is 10.9 Å². The number of benzene rings is 2. The molecule has 1 fully saturated rings. The second-order valence-corrected chi connectivity index (χ2v) is 8.75. The highest BCUT2D eigenvalue weighted by molar-refractivity contribution is 5.98. The second kappa shape index (κ2) is 8.67. The van der Waals surface area contributed by atoms with Crippen LogP contribution in [0.3, 0.4) is 0 Å². The maximum Gasteiger partial charge on any atom is 0.270 e. The number of rotatable bonds is 6. The van der Waals surface area contributed by atoms with Crippen molar-refractivity contribution >= 4 is 22.7 Å². The number of likely N-dealkylation sites (N-methyl/N-ethyl adjacent to an activating group) is 1. The third kappa shape index (κ3) is 4.08. The molecule has 4 rings (SSSR count). The molecule has 32 heavy (non-hydrogen) atoms. The third-order valence-corrected chi connectivity index (χ3v) is 6.51. The number of aryl methyl sites for hydroxylation is 1. The van der Waals surface area contributed by atoms with Crippen molar-refractivity contribution < 1.29 is 14.3 Å². The first-order valence-electron chi connectivity index (χ1n) is 10.7. The summed E-state index contributed by atoms with van der Waals surface area (Å²) in [7, 11) is 7.35. The number of fused-ring (bicyclic) bond motifs is 1. The summed E-state index contributed by atoms with van der Waals surface area (Å²) in [6, 6.07) is 15.9. The number of carbonyl (C=O) groups is 2. The Morgan fingerprint density at radius 3 is 2.47 bits per heavy atom. The lowest BCUT2D eigenvalue weighted by Gasteiger charge is -2.19. The maximum atomic E-state index is 13.1. The summed E-state index contributed by atoms with van der Waals surface area (Å²) in [4.78, 5) is 28.8. The zero-order valence-corrected chi connectivity index (χ0v) is 19.0. The first-order valence-corrected chi connectivity index (χ1v) is 10.7. The molecule has 1 aromatic heterocycles. The van der Waals surface area contributed by atoms with E-state index in [0.29, 0.717) is 18.8 Å². The van der Waals surface area contributed by atoms with Crippen LogP contribution in [0.4, 0.5) is 0 Å². The lowest BCUT2D eigenvalue weighted by Crippen LogP contribution is -2.29. The number of aromatic nitrogens is 1. The van der Waals surface area contributed by atoms with Crippen LogP contribution in [0.1, 0.15) is 27.5 Å². The van der Waals surface area contributed by atoms with Crippen LogP contribution < -0.4 is 10.5 Å². The molecule has 1 saturated heterocycles. The minimum Gasteiger partial charge on any atom is -0.497 e. The first-order chi connectivity index (χ1) is 15.3. The van der Waals surface area contributed by atoms with Gasteiger partial charge in [-0.1, -0.05) is 24.3 Å². The number of likely N-dealkylation sites (tertiary alicyclic amines) is 1. The van der Waals surface area contributed by atoms with Crippen LogP contribution >= 0.6 is 0 Å². The zero-order valence-electron chi connectivity index (χ0n) is 19.0. The van der Waals surface area contributed by atoms with Crippen LogP contribution in [0.15, 0.2) is 48.5 Å². The Labute approximate surface area is 188 Å². The largest absolute Gasteiger partial charge is 0.497 e. The quantitative estimate of drug-likeness (QED) is 0.647. The van der Waals surface area contributed by atoms with Crippen molar-refractivity contribution in [2.75, 3.05) is 34.3 Å². The molecule has 0 radical (unpaired) electrons. The van der Waals surface area contributed by atoms with Gasteiger partial charge in [0.2, 0.25) is 5.91 Å². The van der Waals surface area contributed by atoms with Crippen LogP contribution in [-0.2, 0) is 18.4 Å². The minimum absolute atomic E-state index is 0.0436. The summed E-state index contributed by atoms with van der Waals surface area (Å²) in [5, 5.41) is 0.971. The Morgan fingerprint density at radius 2 is 1.81 bits per heavy atom. The van der Waals surface area contributed by atoms with E-state index in [-0.39, 0.29) is 23.7 Å². The predicted octanol–water partition coefficient (Wildman–Crippen LogP) is 2.59.